The largest absolute Gasteiger partial charge is 0.493 e. The van der Waals surface area contributed by atoms with E-state index >= 15 is 0 Å². The first-order valence-electron chi connectivity index (χ1n) is 13.1. The zero-order valence-corrected chi connectivity index (χ0v) is 24.5. The Morgan fingerprint density at radius 1 is 1.03 bits per heavy atom. The van der Waals surface area contributed by atoms with Gasteiger partial charge in [0.15, 0.2) is 0 Å². The van der Waals surface area contributed by atoms with E-state index in [0.29, 0.717) is 30.5 Å². The first kappa shape index (κ1) is 31.6. The van der Waals surface area contributed by atoms with E-state index in [-0.39, 0.29) is 11.3 Å². The molecule has 6 nitrogen and oxygen atoms in total. The van der Waals surface area contributed by atoms with Crippen LogP contribution in [0.15, 0.2) is 64.2 Å². The lowest BCUT2D eigenvalue weighted by Crippen LogP contribution is -2.26. The lowest BCUT2D eigenvalue weighted by Gasteiger charge is -2.19. The summed E-state index contributed by atoms with van der Waals surface area (Å²) in [4.78, 5) is 21.1. The molecule has 202 valence electrons. The van der Waals surface area contributed by atoms with Gasteiger partial charge >= 0.3 is 0 Å². The van der Waals surface area contributed by atoms with E-state index in [4.69, 9.17) is 9.73 Å². The van der Waals surface area contributed by atoms with E-state index in [1.165, 1.54) is 22.8 Å². The molecule has 0 unspecified atom stereocenters. The van der Waals surface area contributed by atoms with Crippen molar-refractivity contribution in [1.82, 2.24) is 10.6 Å². The van der Waals surface area contributed by atoms with Gasteiger partial charge < -0.3 is 15.4 Å². The summed E-state index contributed by atoms with van der Waals surface area (Å²) in [6, 6.07) is 14.4. The standard InChI is InChI=1S/C29H40N4O2.C2H6/c1-20-11-9-12-26(22(20)3)35-18-10-17-31-23(4)33-28(32-21(2)19-27(34)30-8)24-13-15-25(16-14-24)29(5,6)7;1-2/h9,11-16,19H,10,17-18H2,1-8H3,(H,30,34)(H,31,32,33);1-2H3/b21-19+;. The SMILES string of the molecule is CC.CNC(=O)/C=C(\C)NC(=NC(C)=NCCCOc1cccc(C)c1C)c1ccc(C(C)(C)C)cc1. The van der Waals surface area contributed by atoms with E-state index in [9.17, 15) is 4.79 Å². The zero-order chi connectivity index (χ0) is 28.0. The van der Waals surface area contributed by atoms with Gasteiger partial charge in [-0.1, -0.05) is 71.0 Å². The predicted molar refractivity (Wildman–Crippen MR) is 158 cm³/mol. The Morgan fingerprint density at radius 2 is 1.68 bits per heavy atom. The summed E-state index contributed by atoms with van der Waals surface area (Å²) < 4.78 is 5.93. The van der Waals surface area contributed by atoms with Crippen molar-refractivity contribution in [1.29, 1.82) is 0 Å². The highest BCUT2D eigenvalue weighted by Crippen LogP contribution is 2.22. The molecule has 0 aliphatic carbocycles. The molecule has 2 aromatic carbocycles. The minimum absolute atomic E-state index is 0.0642. The Bertz CT molecular complexity index is 1090. The topological polar surface area (TPSA) is 75.1 Å². The maximum absolute atomic E-state index is 11.8. The highest BCUT2D eigenvalue weighted by Gasteiger charge is 2.14. The number of nitrogens with zero attached hydrogens (tertiary/aromatic N) is 2. The van der Waals surface area contributed by atoms with Crippen molar-refractivity contribution in [2.24, 2.45) is 9.98 Å². The molecule has 0 spiro atoms. The summed E-state index contributed by atoms with van der Waals surface area (Å²) in [5.41, 5.74) is 5.32. The summed E-state index contributed by atoms with van der Waals surface area (Å²) in [7, 11) is 1.60. The minimum Gasteiger partial charge on any atom is -0.493 e. The second-order valence-electron chi connectivity index (χ2n) is 9.68. The van der Waals surface area contributed by atoms with E-state index in [0.717, 1.165) is 17.7 Å². The van der Waals surface area contributed by atoms with Crippen LogP contribution in [0.3, 0.4) is 0 Å². The smallest absolute Gasteiger partial charge is 0.245 e. The molecule has 0 heterocycles. The van der Waals surface area contributed by atoms with Crippen LogP contribution in [-0.4, -0.2) is 37.8 Å². The molecule has 0 aromatic heterocycles. The third-order valence-electron chi connectivity index (χ3n) is 5.66. The van der Waals surface area contributed by atoms with Crippen molar-refractivity contribution >= 4 is 17.6 Å². The average molecular weight is 507 g/mol. The van der Waals surface area contributed by atoms with Crippen LogP contribution in [0.1, 0.15) is 77.1 Å². The maximum Gasteiger partial charge on any atom is 0.245 e. The quantitative estimate of drug-likeness (QED) is 0.186. The molecule has 0 saturated carbocycles. The number of carbonyl (C=O) groups excluding carboxylic acids is 1. The number of aliphatic imine (C=N–C) groups is 2. The summed E-state index contributed by atoms with van der Waals surface area (Å²) in [6.07, 6.45) is 2.30. The molecular weight excluding hydrogens is 460 g/mol. The fourth-order valence-corrected chi connectivity index (χ4v) is 3.35. The number of carbonyl (C=O) groups is 1. The number of nitrogens with one attached hydrogen (secondary N) is 2. The van der Waals surface area contributed by atoms with E-state index in [2.05, 4.69) is 68.4 Å². The van der Waals surface area contributed by atoms with Crippen molar-refractivity contribution in [3.8, 4) is 5.75 Å². The fourth-order valence-electron chi connectivity index (χ4n) is 3.35. The van der Waals surface area contributed by atoms with Gasteiger partial charge in [0.25, 0.3) is 0 Å². The third-order valence-corrected chi connectivity index (χ3v) is 5.66. The molecule has 6 heteroatoms. The number of likely N-dealkylation sites (N-methyl/N-ethyl adjacent to an activating group) is 1. The number of hydrogen-bond acceptors (Lipinski definition) is 3. The van der Waals surface area contributed by atoms with Crippen molar-refractivity contribution in [3.63, 3.8) is 0 Å². The Kier molecular flexibility index (Phi) is 13.4. The predicted octanol–water partition coefficient (Wildman–Crippen LogP) is 6.50. The fraction of sp³-hybridized carbons (Fsp3) is 0.452. The summed E-state index contributed by atoms with van der Waals surface area (Å²) in [5.74, 6) is 2.06. The molecule has 2 aromatic rings. The minimum atomic E-state index is -0.174. The normalized spacial score (nSPS) is 12.4. The second-order valence-corrected chi connectivity index (χ2v) is 9.68. The van der Waals surface area contributed by atoms with Gasteiger partial charge in [-0.3, -0.25) is 9.79 Å². The summed E-state index contributed by atoms with van der Waals surface area (Å²) >= 11 is 0. The molecule has 0 saturated heterocycles. The number of benzene rings is 2. The van der Waals surface area contributed by atoms with Crippen molar-refractivity contribution in [3.05, 3.63) is 76.5 Å². The highest BCUT2D eigenvalue weighted by molar-refractivity contribution is 6.06. The molecule has 0 atom stereocenters. The first-order chi connectivity index (χ1) is 17.5. The van der Waals surface area contributed by atoms with Crippen LogP contribution in [0.5, 0.6) is 5.75 Å². The van der Waals surface area contributed by atoms with E-state index < -0.39 is 0 Å². The lowest BCUT2D eigenvalue weighted by atomic mass is 9.86. The van der Waals surface area contributed by atoms with Gasteiger partial charge in [-0.25, -0.2) is 4.99 Å². The van der Waals surface area contributed by atoms with Crippen LogP contribution in [0, 0.1) is 13.8 Å². The van der Waals surface area contributed by atoms with Crippen molar-refractivity contribution in [2.45, 2.75) is 74.1 Å². The molecule has 0 aliphatic heterocycles. The second kappa shape index (κ2) is 15.6. The number of ether oxygens (including phenoxy) is 1. The molecule has 0 bridgehead atoms. The van der Waals surface area contributed by atoms with E-state index in [1.54, 1.807) is 7.05 Å². The van der Waals surface area contributed by atoms with Gasteiger partial charge in [0.2, 0.25) is 5.91 Å². The molecule has 2 rings (SSSR count). The van der Waals surface area contributed by atoms with E-state index in [1.807, 2.05) is 52.0 Å². The number of aryl methyl sites for hydroxylation is 1. The summed E-state index contributed by atoms with van der Waals surface area (Å²) in [6.45, 7) is 19.7. The van der Waals surface area contributed by atoms with Gasteiger partial charge in [-0.05, 0) is 55.9 Å². The van der Waals surface area contributed by atoms with Crippen LogP contribution in [0.25, 0.3) is 0 Å². The lowest BCUT2D eigenvalue weighted by molar-refractivity contribution is -0.116. The number of amidine groups is 2. The maximum atomic E-state index is 11.8. The third kappa shape index (κ3) is 11.0. The number of hydrogen-bond donors (Lipinski definition) is 2. The first-order valence-corrected chi connectivity index (χ1v) is 13.1. The Balaban J connectivity index is 0.00000334. The van der Waals surface area contributed by atoms with Crippen LogP contribution in [-0.2, 0) is 10.2 Å². The van der Waals surface area contributed by atoms with Crippen molar-refractivity contribution in [2.75, 3.05) is 20.2 Å². The molecule has 0 radical (unpaired) electrons. The monoisotopic (exact) mass is 506 g/mol. The van der Waals surface area contributed by atoms with Gasteiger partial charge in [0.1, 0.15) is 17.4 Å². The number of rotatable bonds is 8. The molecule has 37 heavy (non-hydrogen) atoms. The van der Waals surface area contributed by atoms with Gasteiger partial charge in [-0.15, -0.1) is 0 Å². The number of allylic oxidation sites excluding steroid dienone is 1. The van der Waals surface area contributed by atoms with Crippen LogP contribution < -0.4 is 15.4 Å². The summed E-state index contributed by atoms with van der Waals surface area (Å²) in [5, 5.41) is 5.87. The van der Waals surface area contributed by atoms with Crippen LogP contribution >= 0.6 is 0 Å². The molecular formula is C31H46N4O2. The Hall–Kier alpha value is -3.41. The Labute approximate surface area is 224 Å². The highest BCUT2D eigenvalue weighted by atomic mass is 16.5. The molecule has 1 amide bonds. The Morgan fingerprint density at radius 3 is 2.27 bits per heavy atom. The zero-order valence-electron chi connectivity index (χ0n) is 24.5. The van der Waals surface area contributed by atoms with Crippen LogP contribution in [0.4, 0.5) is 0 Å². The average Bonchev–Trinajstić information content (AvgIpc) is 2.86. The molecule has 0 aliphatic rings. The van der Waals surface area contributed by atoms with Gasteiger partial charge in [0.05, 0.1) is 6.61 Å². The number of amides is 1. The molecule has 2 N–H and O–H groups in total. The van der Waals surface area contributed by atoms with Crippen LogP contribution in [0.2, 0.25) is 0 Å². The van der Waals surface area contributed by atoms with Gasteiger partial charge in [0, 0.05) is 37.3 Å². The van der Waals surface area contributed by atoms with Gasteiger partial charge in [-0.2, -0.15) is 0 Å². The molecule has 0 fully saturated rings. The van der Waals surface area contributed by atoms with Crippen molar-refractivity contribution < 1.29 is 9.53 Å².